The van der Waals surface area contributed by atoms with Gasteiger partial charge in [-0.05, 0) is 47.6 Å². The molecule has 0 N–H and O–H groups in total. The van der Waals surface area contributed by atoms with Gasteiger partial charge in [-0.15, -0.1) is 0 Å². The third-order valence-corrected chi connectivity index (χ3v) is 4.85. The summed E-state index contributed by atoms with van der Waals surface area (Å²) in [7, 11) is 0. The third kappa shape index (κ3) is 3.03. The molecule has 2 aromatic rings. The predicted molar refractivity (Wildman–Crippen MR) is 94.7 cm³/mol. The van der Waals surface area contributed by atoms with Gasteiger partial charge in [0.25, 0.3) is 5.91 Å². The zero-order valence-electron chi connectivity index (χ0n) is 14.5. The maximum atomic E-state index is 12.9. The van der Waals surface area contributed by atoms with Gasteiger partial charge in [0, 0.05) is 12.1 Å². The average molecular weight is 307 g/mol. The molecule has 2 nitrogen and oxygen atoms in total. The molecule has 3 rings (SSSR count). The first-order valence-electron chi connectivity index (χ1n) is 8.37. The van der Waals surface area contributed by atoms with Gasteiger partial charge in [0.2, 0.25) is 0 Å². The van der Waals surface area contributed by atoms with Gasteiger partial charge in [-0.2, -0.15) is 0 Å². The van der Waals surface area contributed by atoms with Gasteiger partial charge in [0.05, 0.1) is 6.04 Å². The van der Waals surface area contributed by atoms with Crippen LogP contribution >= 0.6 is 0 Å². The molecule has 120 valence electrons. The van der Waals surface area contributed by atoms with E-state index >= 15 is 0 Å². The van der Waals surface area contributed by atoms with Gasteiger partial charge in [-0.25, -0.2) is 0 Å². The summed E-state index contributed by atoms with van der Waals surface area (Å²) in [5.41, 5.74) is 4.79. The van der Waals surface area contributed by atoms with Crippen molar-refractivity contribution in [2.75, 3.05) is 6.54 Å². The van der Waals surface area contributed by atoms with Gasteiger partial charge in [-0.1, -0.05) is 57.2 Å². The lowest BCUT2D eigenvalue weighted by Crippen LogP contribution is -2.38. The summed E-state index contributed by atoms with van der Waals surface area (Å²) in [6.45, 7) is 9.48. The van der Waals surface area contributed by atoms with Crippen molar-refractivity contribution in [1.82, 2.24) is 4.90 Å². The van der Waals surface area contributed by atoms with Crippen molar-refractivity contribution in [3.8, 4) is 0 Å². The number of fused-ring (bicyclic) bond motifs is 1. The molecule has 1 unspecified atom stereocenters. The Balaban J connectivity index is 1.84. The monoisotopic (exact) mass is 307 g/mol. The molecule has 0 saturated carbocycles. The minimum Gasteiger partial charge on any atom is -0.332 e. The molecule has 0 radical (unpaired) electrons. The molecule has 1 atom stereocenters. The van der Waals surface area contributed by atoms with Crippen LogP contribution < -0.4 is 0 Å². The minimum atomic E-state index is 0.110. The van der Waals surface area contributed by atoms with E-state index in [0.29, 0.717) is 0 Å². The number of benzene rings is 2. The number of carbonyl (C=O) groups excluding carboxylic acids is 1. The lowest BCUT2D eigenvalue weighted by Gasteiger charge is -2.35. The molecule has 0 aliphatic carbocycles. The quantitative estimate of drug-likeness (QED) is 0.745. The van der Waals surface area contributed by atoms with Crippen LogP contribution in [-0.4, -0.2) is 17.4 Å². The molecule has 1 amide bonds. The van der Waals surface area contributed by atoms with Crippen LogP contribution in [0.15, 0.2) is 48.5 Å². The maximum absolute atomic E-state index is 12.9. The third-order valence-electron chi connectivity index (χ3n) is 4.85. The van der Waals surface area contributed by atoms with Gasteiger partial charge in [0.15, 0.2) is 0 Å². The Morgan fingerprint density at radius 2 is 1.70 bits per heavy atom. The summed E-state index contributed by atoms with van der Waals surface area (Å²) in [5.74, 6) is 0.132. The van der Waals surface area contributed by atoms with Crippen molar-refractivity contribution in [2.24, 2.45) is 0 Å². The highest BCUT2D eigenvalue weighted by molar-refractivity contribution is 5.94. The van der Waals surface area contributed by atoms with Crippen LogP contribution in [0.5, 0.6) is 0 Å². The first kappa shape index (κ1) is 15.8. The molecular weight excluding hydrogens is 282 g/mol. The van der Waals surface area contributed by atoms with Crippen LogP contribution in [0.25, 0.3) is 0 Å². The summed E-state index contributed by atoms with van der Waals surface area (Å²) in [6, 6.07) is 16.7. The Hall–Kier alpha value is -2.09. The Morgan fingerprint density at radius 1 is 1.04 bits per heavy atom. The molecular formula is C21H25NO. The van der Waals surface area contributed by atoms with Crippen LogP contribution in [0, 0.1) is 0 Å². The molecule has 2 heteroatoms. The zero-order chi connectivity index (χ0) is 16.6. The van der Waals surface area contributed by atoms with E-state index in [1.807, 2.05) is 17.0 Å². The number of amides is 1. The van der Waals surface area contributed by atoms with Crippen LogP contribution in [0.2, 0.25) is 0 Å². The van der Waals surface area contributed by atoms with Crippen molar-refractivity contribution < 1.29 is 4.79 Å². The van der Waals surface area contributed by atoms with E-state index in [1.165, 1.54) is 16.7 Å². The molecule has 2 aromatic carbocycles. The van der Waals surface area contributed by atoms with Crippen molar-refractivity contribution in [1.29, 1.82) is 0 Å². The smallest absolute Gasteiger partial charge is 0.254 e. The number of rotatable bonds is 1. The average Bonchev–Trinajstić information content (AvgIpc) is 2.54. The molecule has 23 heavy (non-hydrogen) atoms. The molecule has 0 fully saturated rings. The van der Waals surface area contributed by atoms with Gasteiger partial charge < -0.3 is 4.90 Å². The summed E-state index contributed by atoms with van der Waals surface area (Å²) < 4.78 is 0. The Bertz CT molecular complexity index is 709. The van der Waals surface area contributed by atoms with E-state index < -0.39 is 0 Å². The molecule has 1 aliphatic heterocycles. The van der Waals surface area contributed by atoms with Crippen molar-refractivity contribution in [3.63, 3.8) is 0 Å². The Labute approximate surface area is 139 Å². The van der Waals surface area contributed by atoms with Crippen molar-refractivity contribution >= 4 is 5.91 Å². The first-order chi connectivity index (χ1) is 10.9. The minimum absolute atomic E-state index is 0.110. The van der Waals surface area contributed by atoms with Crippen LogP contribution in [0.3, 0.4) is 0 Å². The largest absolute Gasteiger partial charge is 0.332 e. The van der Waals surface area contributed by atoms with Crippen LogP contribution in [0.1, 0.15) is 60.8 Å². The number of carbonyl (C=O) groups is 1. The maximum Gasteiger partial charge on any atom is 0.254 e. The second-order valence-corrected chi connectivity index (χ2v) is 7.45. The fourth-order valence-corrected chi connectivity index (χ4v) is 3.33. The lowest BCUT2D eigenvalue weighted by molar-refractivity contribution is 0.0677. The van der Waals surface area contributed by atoms with Gasteiger partial charge in [-0.3, -0.25) is 4.79 Å². The van der Waals surface area contributed by atoms with Crippen molar-refractivity contribution in [3.05, 3.63) is 70.8 Å². The van der Waals surface area contributed by atoms with E-state index in [4.69, 9.17) is 0 Å². The van der Waals surface area contributed by atoms with E-state index in [1.54, 1.807) is 0 Å². The Kier molecular flexibility index (Phi) is 4.01. The SMILES string of the molecule is CC1c2ccccc2CCN1C(=O)c1ccc(C(C)(C)C)cc1. The highest BCUT2D eigenvalue weighted by atomic mass is 16.2. The zero-order valence-corrected chi connectivity index (χ0v) is 14.5. The highest BCUT2D eigenvalue weighted by Gasteiger charge is 2.28. The molecule has 0 saturated heterocycles. The summed E-state index contributed by atoms with van der Waals surface area (Å²) >= 11 is 0. The van der Waals surface area contributed by atoms with Gasteiger partial charge in [0.1, 0.15) is 0 Å². The predicted octanol–water partition coefficient (Wildman–Crippen LogP) is 4.74. The first-order valence-corrected chi connectivity index (χ1v) is 8.37. The van der Waals surface area contributed by atoms with Crippen molar-refractivity contribution in [2.45, 2.75) is 45.6 Å². The van der Waals surface area contributed by atoms with Crippen LogP contribution in [-0.2, 0) is 11.8 Å². The fourth-order valence-electron chi connectivity index (χ4n) is 3.33. The number of hydrogen-bond donors (Lipinski definition) is 0. The standard InChI is InChI=1S/C21H25NO/c1-15-19-8-6-5-7-16(19)13-14-22(15)20(23)17-9-11-18(12-10-17)21(2,3)4/h5-12,15H,13-14H2,1-4H3. The molecule has 0 spiro atoms. The topological polar surface area (TPSA) is 20.3 Å². The van der Waals surface area contributed by atoms with E-state index in [-0.39, 0.29) is 17.4 Å². The Morgan fingerprint density at radius 3 is 2.35 bits per heavy atom. The normalized spacial score (nSPS) is 17.7. The second kappa shape index (κ2) is 5.84. The highest BCUT2D eigenvalue weighted by Crippen LogP contribution is 2.30. The summed E-state index contributed by atoms with van der Waals surface area (Å²) in [4.78, 5) is 14.9. The van der Waals surface area contributed by atoms with E-state index in [0.717, 1.165) is 18.5 Å². The van der Waals surface area contributed by atoms with Crippen LogP contribution in [0.4, 0.5) is 0 Å². The lowest BCUT2D eigenvalue weighted by atomic mass is 9.86. The molecule has 0 aromatic heterocycles. The van der Waals surface area contributed by atoms with Gasteiger partial charge >= 0.3 is 0 Å². The second-order valence-electron chi connectivity index (χ2n) is 7.45. The number of nitrogens with zero attached hydrogens (tertiary/aromatic N) is 1. The summed E-state index contributed by atoms with van der Waals surface area (Å²) in [6.07, 6.45) is 0.937. The van der Waals surface area contributed by atoms with E-state index in [2.05, 4.69) is 64.1 Å². The molecule has 1 heterocycles. The number of hydrogen-bond acceptors (Lipinski definition) is 1. The molecule has 0 bridgehead atoms. The summed E-state index contributed by atoms with van der Waals surface area (Å²) in [5, 5.41) is 0. The van der Waals surface area contributed by atoms with E-state index in [9.17, 15) is 4.79 Å². The molecule has 1 aliphatic rings. The fraction of sp³-hybridized carbons (Fsp3) is 0.381.